The predicted molar refractivity (Wildman–Crippen MR) is 216 cm³/mol. The smallest absolute Gasteiger partial charge is 0.123 e. The minimum Gasteiger partial charge on any atom is -0.507 e. The van der Waals surface area contributed by atoms with Gasteiger partial charge in [0.15, 0.2) is 0 Å². The van der Waals surface area contributed by atoms with E-state index in [4.69, 9.17) is 9.97 Å². The van der Waals surface area contributed by atoms with Gasteiger partial charge in [0.05, 0.1) is 16.9 Å². The van der Waals surface area contributed by atoms with Gasteiger partial charge in [-0.15, -0.1) is 29.3 Å². The van der Waals surface area contributed by atoms with Crippen LogP contribution in [0, 0.1) is 6.07 Å². The zero-order chi connectivity index (χ0) is 36.2. The molecule has 53 heavy (non-hydrogen) atoms. The number of rotatable bonds is 5. The molecule has 0 saturated heterocycles. The van der Waals surface area contributed by atoms with Crippen molar-refractivity contribution in [1.29, 1.82) is 0 Å². The maximum absolute atomic E-state index is 11.0. The molecule has 0 radical (unpaired) electrons. The topological polar surface area (TPSA) is 50.9 Å². The van der Waals surface area contributed by atoms with Crippen molar-refractivity contribution in [3.05, 3.63) is 157 Å². The predicted octanol–water partition coefficient (Wildman–Crippen LogP) is 12.3. The minimum atomic E-state index is -0.162. The molecule has 2 heterocycles. The van der Waals surface area contributed by atoms with E-state index in [0.29, 0.717) is 0 Å². The third-order valence-corrected chi connectivity index (χ3v) is 9.95. The minimum absolute atomic E-state index is 0. The zero-order valence-electron chi connectivity index (χ0n) is 30.9. The molecule has 0 atom stereocenters. The third-order valence-electron chi connectivity index (χ3n) is 9.95. The molecular weight excluding hydrogens is 830 g/mol. The molecule has 4 nitrogen and oxygen atoms in total. The van der Waals surface area contributed by atoms with Gasteiger partial charge in [0.1, 0.15) is 5.75 Å². The van der Waals surface area contributed by atoms with Crippen LogP contribution in [0.1, 0.15) is 52.7 Å². The summed E-state index contributed by atoms with van der Waals surface area (Å²) in [6.45, 7) is 13.4. The molecular formula is C48H42N3OPt-. The summed E-state index contributed by atoms with van der Waals surface area (Å²) in [6, 6.07) is 49.9. The van der Waals surface area contributed by atoms with Gasteiger partial charge in [-0.05, 0) is 69.3 Å². The number of phenolic OH excluding ortho intramolecular Hbond substituents is 1. The van der Waals surface area contributed by atoms with Gasteiger partial charge in [0, 0.05) is 49.6 Å². The van der Waals surface area contributed by atoms with Gasteiger partial charge in [-0.1, -0.05) is 138 Å². The summed E-state index contributed by atoms with van der Waals surface area (Å²) in [7, 11) is 0. The Morgan fingerprint density at radius 3 is 1.96 bits per heavy atom. The van der Waals surface area contributed by atoms with E-state index in [0.717, 1.165) is 72.4 Å². The van der Waals surface area contributed by atoms with Crippen LogP contribution in [0.15, 0.2) is 140 Å². The Labute approximate surface area is 326 Å². The average molecular weight is 872 g/mol. The Kier molecular flexibility index (Phi) is 9.47. The second kappa shape index (κ2) is 13.9. The van der Waals surface area contributed by atoms with Crippen LogP contribution in [0.25, 0.3) is 72.4 Å². The van der Waals surface area contributed by atoms with E-state index >= 15 is 0 Å². The van der Waals surface area contributed by atoms with Crippen molar-refractivity contribution in [2.45, 2.75) is 52.4 Å². The summed E-state index contributed by atoms with van der Waals surface area (Å²) in [5.74, 6) is 1.01. The third kappa shape index (κ3) is 6.85. The standard InChI is InChI=1S/C48H42N3O.Pt/c1-47(2,3)36-21-23-38(24-22-36)51-42-19-12-18-40(39-17-10-11-20-43(39)52)45(42)50-46(51)35-27-34(28-37(29-35)48(4,5)6)41-30-33(31-14-8-7-9-15-31)26-32-16-13-25-49-44(32)41;/h7-26,28-30,52H,1-6H3;/q-1;. The van der Waals surface area contributed by atoms with Gasteiger partial charge < -0.3 is 9.67 Å². The van der Waals surface area contributed by atoms with E-state index in [2.05, 4.69) is 137 Å². The van der Waals surface area contributed by atoms with Crippen LogP contribution in [-0.2, 0) is 31.9 Å². The fourth-order valence-electron chi connectivity index (χ4n) is 7.03. The van der Waals surface area contributed by atoms with Gasteiger partial charge in [0.2, 0.25) is 0 Å². The van der Waals surface area contributed by atoms with Crippen molar-refractivity contribution >= 4 is 21.9 Å². The Hall–Kier alpha value is -5.31. The normalized spacial score (nSPS) is 11.9. The molecule has 6 aromatic carbocycles. The van der Waals surface area contributed by atoms with E-state index < -0.39 is 0 Å². The fraction of sp³-hybridized carbons (Fsp3) is 0.167. The van der Waals surface area contributed by atoms with E-state index in [1.54, 1.807) is 6.07 Å². The summed E-state index contributed by atoms with van der Waals surface area (Å²) in [5, 5.41) is 12.1. The van der Waals surface area contributed by atoms with Crippen molar-refractivity contribution < 1.29 is 26.2 Å². The number of phenols is 1. The first-order valence-corrected chi connectivity index (χ1v) is 17.9. The number of aromatic hydroxyl groups is 1. The molecule has 5 heteroatoms. The molecule has 8 aromatic rings. The molecule has 8 rings (SSSR count). The quantitative estimate of drug-likeness (QED) is 0.175. The molecule has 0 amide bonds. The van der Waals surface area contributed by atoms with Crippen LogP contribution in [0.4, 0.5) is 0 Å². The first-order chi connectivity index (χ1) is 25.0. The van der Waals surface area contributed by atoms with Crippen LogP contribution in [0.3, 0.4) is 0 Å². The molecule has 0 aliphatic heterocycles. The maximum Gasteiger partial charge on any atom is 0.123 e. The molecule has 2 aromatic heterocycles. The van der Waals surface area contributed by atoms with E-state index in [1.165, 1.54) is 11.1 Å². The zero-order valence-corrected chi connectivity index (χ0v) is 33.2. The Morgan fingerprint density at radius 2 is 1.25 bits per heavy atom. The van der Waals surface area contributed by atoms with E-state index in [-0.39, 0.29) is 37.6 Å². The van der Waals surface area contributed by atoms with Crippen molar-refractivity contribution in [1.82, 2.24) is 14.5 Å². The van der Waals surface area contributed by atoms with Crippen LogP contribution < -0.4 is 0 Å². The van der Waals surface area contributed by atoms with Crippen molar-refractivity contribution in [3.8, 4) is 56.2 Å². The van der Waals surface area contributed by atoms with E-state index in [9.17, 15) is 5.11 Å². The molecule has 0 aliphatic rings. The number of pyridine rings is 1. The largest absolute Gasteiger partial charge is 0.507 e. The first-order valence-electron chi connectivity index (χ1n) is 17.9. The van der Waals surface area contributed by atoms with E-state index in [1.807, 2.05) is 48.7 Å². The summed E-state index contributed by atoms with van der Waals surface area (Å²) >= 11 is 0. The number of aromatic nitrogens is 3. The van der Waals surface area contributed by atoms with Crippen LogP contribution in [-0.4, -0.2) is 19.6 Å². The van der Waals surface area contributed by atoms with Gasteiger partial charge >= 0.3 is 0 Å². The molecule has 0 spiro atoms. The summed E-state index contributed by atoms with van der Waals surface area (Å²) in [5.41, 5.74) is 12.8. The van der Waals surface area contributed by atoms with Crippen molar-refractivity contribution in [2.75, 3.05) is 0 Å². The SMILES string of the molecule is CC(C)(C)c1ccc(-n2c(-c3[c-]c(-c4cc(-c5ccccc5)cc5cccnc45)cc(C(C)(C)C)c3)nc3c(-c4ccccc4O)cccc32)cc1.[Pt]. The summed E-state index contributed by atoms with van der Waals surface area (Å²) < 4.78 is 2.24. The molecule has 0 fully saturated rings. The first kappa shape index (κ1) is 36.1. The number of nitrogens with zero attached hydrogens (tertiary/aromatic N) is 3. The summed E-state index contributed by atoms with van der Waals surface area (Å²) in [6.07, 6.45) is 1.86. The van der Waals surface area contributed by atoms with Crippen LogP contribution in [0.5, 0.6) is 5.75 Å². The monoisotopic (exact) mass is 871 g/mol. The number of imidazole rings is 1. The Balaban J connectivity index is 0.00000435. The molecule has 1 N–H and O–H groups in total. The summed E-state index contributed by atoms with van der Waals surface area (Å²) in [4.78, 5) is 10.3. The van der Waals surface area contributed by atoms with Crippen LogP contribution in [0.2, 0.25) is 0 Å². The number of fused-ring (bicyclic) bond motifs is 2. The second-order valence-electron chi connectivity index (χ2n) is 15.7. The molecule has 266 valence electrons. The van der Waals surface area contributed by atoms with Gasteiger partial charge in [-0.2, -0.15) is 0 Å². The van der Waals surface area contributed by atoms with Crippen molar-refractivity contribution in [3.63, 3.8) is 0 Å². The molecule has 0 bridgehead atoms. The number of hydrogen-bond donors (Lipinski definition) is 1. The molecule has 0 saturated carbocycles. The Bertz CT molecular complexity index is 2590. The van der Waals surface area contributed by atoms with Crippen LogP contribution >= 0.6 is 0 Å². The maximum atomic E-state index is 11.0. The number of benzene rings is 6. The molecule has 0 aliphatic carbocycles. The average Bonchev–Trinajstić information content (AvgIpc) is 3.54. The Morgan fingerprint density at radius 1 is 0.566 bits per heavy atom. The number of para-hydroxylation sites is 2. The van der Waals surface area contributed by atoms with Gasteiger partial charge in [-0.3, -0.25) is 9.97 Å². The second-order valence-corrected chi connectivity index (χ2v) is 15.7. The fourth-order valence-corrected chi connectivity index (χ4v) is 7.03. The van der Waals surface area contributed by atoms with Gasteiger partial charge in [-0.25, -0.2) is 0 Å². The van der Waals surface area contributed by atoms with Gasteiger partial charge in [0.25, 0.3) is 0 Å². The molecule has 0 unspecified atom stereocenters. The number of hydrogen-bond acceptors (Lipinski definition) is 3. The van der Waals surface area contributed by atoms with Crippen molar-refractivity contribution in [2.24, 2.45) is 0 Å².